The number of carbonyl (C=O) groups is 1. The van der Waals surface area contributed by atoms with Gasteiger partial charge in [-0.3, -0.25) is 4.79 Å². The van der Waals surface area contributed by atoms with Gasteiger partial charge in [-0.25, -0.2) is 0 Å². The predicted molar refractivity (Wildman–Crippen MR) is 50.8 cm³/mol. The minimum absolute atomic E-state index is 0.0249. The van der Waals surface area contributed by atoms with E-state index in [0.717, 1.165) is 0 Å². The van der Waals surface area contributed by atoms with Gasteiger partial charge in [-0.1, -0.05) is 41.9 Å². The zero-order valence-corrected chi connectivity index (χ0v) is 7.69. The van der Waals surface area contributed by atoms with Crippen molar-refractivity contribution in [3.05, 3.63) is 46.5 Å². The van der Waals surface area contributed by atoms with E-state index in [1.807, 2.05) is 0 Å². The largest absolute Gasteiger partial charge is 0.288 e. The Bertz CT molecular complexity index is 331. The third kappa shape index (κ3) is 1.87. The lowest BCUT2D eigenvalue weighted by Crippen LogP contribution is -1.98. The SMILES string of the molecule is C=C(Cl)C(=O)c1ccccc1Cl. The lowest BCUT2D eigenvalue weighted by Gasteiger charge is -1.99. The van der Waals surface area contributed by atoms with Crippen LogP contribution in [0.2, 0.25) is 5.02 Å². The van der Waals surface area contributed by atoms with E-state index in [9.17, 15) is 4.79 Å². The van der Waals surface area contributed by atoms with Gasteiger partial charge in [0.05, 0.1) is 10.1 Å². The first-order chi connectivity index (χ1) is 5.63. The number of rotatable bonds is 2. The Hall–Kier alpha value is -0.790. The lowest BCUT2D eigenvalue weighted by atomic mass is 10.1. The first-order valence-electron chi connectivity index (χ1n) is 3.26. The summed E-state index contributed by atoms with van der Waals surface area (Å²) in [4.78, 5) is 11.2. The molecule has 0 radical (unpaired) electrons. The molecule has 0 aromatic heterocycles. The van der Waals surface area contributed by atoms with Crippen molar-refractivity contribution in [2.24, 2.45) is 0 Å². The van der Waals surface area contributed by atoms with E-state index in [4.69, 9.17) is 23.2 Å². The Morgan fingerprint density at radius 2 is 1.92 bits per heavy atom. The van der Waals surface area contributed by atoms with Crippen LogP contribution in [0, 0.1) is 0 Å². The van der Waals surface area contributed by atoms with Gasteiger partial charge in [0.25, 0.3) is 0 Å². The van der Waals surface area contributed by atoms with Crippen LogP contribution in [-0.2, 0) is 0 Å². The van der Waals surface area contributed by atoms with E-state index in [0.29, 0.717) is 10.6 Å². The van der Waals surface area contributed by atoms with Gasteiger partial charge in [0.2, 0.25) is 5.78 Å². The van der Waals surface area contributed by atoms with Gasteiger partial charge in [-0.15, -0.1) is 0 Å². The molecule has 0 aliphatic heterocycles. The first kappa shape index (κ1) is 9.30. The van der Waals surface area contributed by atoms with Gasteiger partial charge in [0.1, 0.15) is 0 Å². The van der Waals surface area contributed by atoms with Gasteiger partial charge in [0, 0.05) is 5.56 Å². The number of hydrogen-bond acceptors (Lipinski definition) is 1. The maximum absolute atomic E-state index is 11.2. The van der Waals surface area contributed by atoms with Gasteiger partial charge < -0.3 is 0 Å². The van der Waals surface area contributed by atoms with Crippen molar-refractivity contribution < 1.29 is 4.79 Å². The van der Waals surface area contributed by atoms with E-state index in [-0.39, 0.29) is 10.8 Å². The summed E-state index contributed by atoms with van der Waals surface area (Å²) in [6, 6.07) is 6.71. The number of ketones is 1. The van der Waals surface area contributed by atoms with Crippen molar-refractivity contribution in [2.45, 2.75) is 0 Å². The van der Waals surface area contributed by atoms with Crippen LogP contribution < -0.4 is 0 Å². The van der Waals surface area contributed by atoms with Crippen molar-refractivity contribution in [2.75, 3.05) is 0 Å². The molecule has 1 rings (SSSR count). The molecule has 0 amide bonds. The molecule has 1 aromatic carbocycles. The fraction of sp³-hybridized carbons (Fsp3) is 0. The summed E-state index contributed by atoms with van der Waals surface area (Å²) in [5.41, 5.74) is 0.388. The molecular weight excluding hydrogens is 195 g/mol. The summed E-state index contributed by atoms with van der Waals surface area (Å²) in [6.45, 7) is 3.33. The molecule has 0 unspecified atom stereocenters. The molecule has 0 heterocycles. The number of allylic oxidation sites excluding steroid dienone is 1. The van der Waals surface area contributed by atoms with Gasteiger partial charge >= 0.3 is 0 Å². The van der Waals surface area contributed by atoms with Crippen molar-refractivity contribution >= 4 is 29.0 Å². The standard InChI is InChI=1S/C9H6Cl2O/c1-6(10)9(12)7-4-2-3-5-8(7)11/h2-5H,1H2. The monoisotopic (exact) mass is 200 g/mol. The number of carbonyl (C=O) groups excluding carboxylic acids is 1. The summed E-state index contributed by atoms with van der Waals surface area (Å²) in [5, 5.41) is 0.368. The van der Waals surface area contributed by atoms with E-state index in [1.54, 1.807) is 24.3 Å². The zero-order valence-electron chi connectivity index (χ0n) is 6.18. The van der Waals surface area contributed by atoms with Crippen molar-refractivity contribution in [3.63, 3.8) is 0 Å². The molecule has 3 heteroatoms. The third-order valence-electron chi connectivity index (χ3n) is 1.36. The highest BCUT2D eigenvalue weighted by molar-refractivity contribution is 6.46. The Kier molecular flexibility index (Phi) is 2.90. The molecule has 0 atom stereocenters. The average Bonchev–Trinajstić information content (AvgIpc) is 2.04. The lowest BCUT2D eigenvalue weighted by molar-refractivity contribution is 0.104. The molecule has 0 N–H and O–H groups in total. The van der Waals surface area contributed by atoms with Crippen LogP contribution in [0.5, 0.6) is 0 Å². The van der Waals surface area contributed by atoms with Crippen LogP contribution in [0.25, 0.3) is 0 Å². The highest BCUT2D eigenvalue weighted by Gasteiger charge is 2.10. The molecule has 12 heavy (non-hydrogen) atoms. The van der Waals surface area contributed by atoms with E-state index >= 15 is 0 Å². The second-order valence-electron chi connectivity index (χ2n) is 2.21. The van der Waals surface area contributed by atoms with Crippen molar-refractivity contribution in [3.8, 4) is 0 Å². The Morgan fingerprint density at radius 3 is 2.42 bits per heavy atom. The van der Waals surface area contributed by atoms with Crippen LogP contribution in [0.1, 0.15) is 10.4 Å². The van der Waals surface area contributed by atoms with E-state index < -0.39 is 0 Å². The van der Waals surface area contributed by atoms with Crippen molar-refractivity contribution in [1.82, 2.24) is 0 Å². The van der Waals surface area contributed by atoms with Crippen LogP contribution in [-0.4, -0.2) is 5.78 Å². The summed E-state index contributed by atoms with van der Waals surface area (Å²) >= 11 is 11.2. The van der Waals surface area contributed by atoms with E-state index in [2.05, 4.69) is 6.58 Å². The number of hydrogen-bond donors (Lipinski definition) is 0. The molecule has 1 aromatic rings. The molecule has 0 aliphatic rings. The number of benzene rings is 1. The van der Waals surface area contributed by atoms with E-state index in [1.165, 1.54) is 0 Å². The highest BCUT2D eigenvalue weighted by atomic mass is 35.5. The molecule has 0 saturated heterocycles. The fourth-order valence-electron chi connectivity index (χ4n) is 0.791. The van der Waals surface area contributed by atoms with Crippen LogP contribution in [0.15, 0.2) is 35.9 Å². The maximum Gasteiger partial charge on any atom is 0.205 e. The van der Waals surface area contributed by atoms with Gasteiger partial charge in [-0.05, 0) is 12.1 Å². The topological polar surface area (TPSA) is 17.1 Å². The number of Topliss-reactive ketones (excluding diaryl/α,β-unsaturated/α-hetero) is 1. The summed E-state index contributed by atoms with van der Waals surface area (Å²) in [7, 11) is 0. The van der Waals surface area contributed by atoms with Crippen LogP contribution >= 0.6 is 23.2 Å². The average molecular weight is 201 g/mol. The summed E-state index contributed by atoms with van der Waals surface area (Å²) < 4.78 is 0. The Labute approximate surface area is 80.6 Å². The second kappa shape index (κ2) is 3.74. The molecule has 62 valence electrons. The molecule has 0 spiro atoms. The molecule has 0 aliphatic carbocycles. The summed E-state index contributed by atoms with van der Waals surface area (Å²) in [5.74, 6) is -0.331. The van der Waals surface area contributed by atoms with Gasteiger partial charge in [-0.2, -0.15) is 0 Å². The first-order valence-corrected chi connectivity index (χ1v) is 4.02. The third-order valence-corrected chi connectivity index (χ3v) is 1.87. The smallest absolute Gasteiger partial charge is 0.205 e. The molecule has 0 bridgehead atoms. The minimum Gasteiger partial charge on any atom is -0.288 e. The molecule has 0 saturated carbocycles. The maximum atomic E-state index is 11.2. The fourth-order valence-corrected chi connectivity index (χ4v) is 1.11. The minimum atomic E-state index is -0.331. The predicted octanol–water partition coefficient (Wildman–Crippen LogP) is 3.28. The summed E-state index contributed by atoms with van der Waals surface area (Å²) in [6.07, 6.45) is 0. The van der Waals surface area contributed by atoms with Crippen LogP contribution in [0.3, 0.4) is 0 Å². The highest BCUT2D eigenvalue weighted by Crippen LogP contribution is 2.19. The quantitative estimate of drug-likeness (QED) is 0.530. The van der Waals surface area contributed by atoms with Crippen LogP contribution in [0.4, 0.5) is 0 Å². The zero-order chi connectivity index (χ0) is 9.14. The molecular formula is C9H6Cl2O. The Balaban J connectivity index is 3.11. The second-order valence-corrected chi connectivity index (χ2v) is 3.08. The molecule has 0 fully saturated rings. The Morgan fingerprint density at radius 1 is 1.33 bits per heavy atom. The normalized spacial score (nSPS) is 9.50. The van der Waals surface area contributed by atoms with Crippen molar-refractivity contribution in [1.29, 1.82) is 0 Å². The molecule has 1 nitrogen and oxygen atoms in total. The number of halogens is 2. The van der Waals surface area contributed by atoms with Gasteiger partial charge in [0.15, 0.2) is 0 Å².